The molecule has 6 nitrogen and oxygen atoms in total. The smallest absolute Gasteiger partial charge is 0.319 e. The molecule has 1 amide bonds. The molecule has 0 spiro atoms. The van der Waals surface area contributed by atoms with Crippen LogP contribution in [-0.4, -0.2) is 26.8 Å². The molecule has 0 fully saturated rings. The highest BCUT2D eigenvalue weighted by atomic mass is 79.9. The number of aryl methyl sites for hydroxylation is 2. The van der Waals surface area contributed by atoms with E-state index in [9.17, 15) is 14.7 Å². The van der Waals surface area contributed by atoms with E-state index in [4.69, 9.17) is 5.73 Å². The Labute approximate surface area is 113 Å². The van der Waals surface area contributed by atoms with Gasteiger partial charge in [-0.3, -0.25) is 14.3 Å². The van der Waals surface area contributed by atoms with Gasteiger partial charge in [0.1, 0.15) is 5.41 Å². The third-order valence-electron chi connectivity index (χ3n) is 2.99. The molecule has 0 saturated heterocycles. The van der Waals surface area contributed by atoms with Gasteiger partial charge in [-0.15, -0.1) is 0 Å². The molecular formula is C11H16BrN3O3. The fraction of sp³-hybridized carbons (Fsp3) is 0.545. The maximum Gasteiger partial charge on any atom is 0.319 e. The van der Waals surface area contributed by atoms with Gasteiger partial charge < -0.3 is 10.8 Å². The topological polar surface area (TPSA) is 98.2 Å². The Morgan fingerprint density at radius 1 is 1.56 bits per heavy atom. The van der Waals surface area contributed by atoms with E-state index < -0.39 is 17.3 Å². The number of carboxylic acids is 1. The molecule has 1 rings (SSSR count). The molecule has 1 aromatic heterocycles. The third kappa shape index (κ3) is 2.40. The average Bonchev–Trinajstić information content (AvgIpc) is 2.55. The summed E-state index contributed by atoms with van der Waals surface area (Å²) in [6, 6.07) is 0. The first kappa shape index (κ1) is 14.7. The number of nitrogens with two attached hydrogens (primary N) is 1. The lowest BCUT2D eigenvalue weighted by molar-refractivity contribution is -0.153. The van der Waals surface area contributed by atoms with Gasteiger partial charge in [-0.1, -0.05) is 0 Å². The Morgan fingerprint density at radius 3 is 2.50 bits per heavy atom. The van der Waals surface area contributed by atoms with Crippen LogP contribution in [0.3, 0.4) is 0 Å². The van der Waals surface area contributed by atoms with Crippen molar-refractivity contribution in [3.8, 4) is 0 Å². The Kier molecular flexibility index (Phi) is 4.16. The Bertz CT molecular complexity index is 482. The predicted molar refractivity (Wildman–Crippen MR) is 69.0 cm³/mol. The summed E-state index contributed by atoms with van der Waals surface area (Å²) in [5, 5.41) is 13.4. The van der Waals surface area contributed by atoms with Crippen molar-refractivity contribution in [1.82, 2.24) is 9.78 Å². The number of halogens is 1. The van der Waals surface area contributed by atoms with Crippen LogP contribution >= 0.6 is 15.9 Å². The van der Waals surface area contributed by atoms with Crippen molar-refractivity contribution >= 4 is 27.8 Å². The van der Waals surface area contributed by atoms with Gasteiger partial charge in [0.2, 0.25) is 5.91 Å². The fourth-order valence-corrected chi connectivity index (χ4v) is 2.07. The number of rotatable bonds is 5. The molecule has 0 aliphatic rings. The molecule has 0 radical (unpaired) electrons. The van der Waals surface area contributed by atoms with Crippen molar-refractivity contribution in [3.05, 3.63) is 15.9 Å². The highest BCUT2D eigenvalue weighted by molar-refractivity contribution is 9.10. The average molecular weight is 318 g/mol. The van der Waals surface area contributed by atoms with Gasteiger partial charge in [-0.2, -0.15) is 5.10 Å². The summed E-state index contributed by atoms with van der Waals surface area (Å²) >= 11 is 3.36. The maximum absolute atomic E-state index is 11.4. The summed E-state index contributed by atoms with van der Waals surface area (Å²) in [5.74, 6) is -2.09. The zero-order valence-corrected chi connectivity index (χ0v) is 12.1. The number of nitrogens with zero attached hydrogens (tertiary/aromatic N) is 2. The van der Waals surface area contributed by atoms with E-state index >= 15 is 0 Å². The van der Waals surface area contributed by atoms with Crippen LogP contribution in [0.25, 0.3) is 0 Å². The van der Waals surface area contributed by atoms with Gasteiger partial charge in [0.15, 0.2) is 0 Å². The first-order chi connectivity index (χ1) is 8.24. The molecule has 18 heavy (non-hydrogen) atoms. The molecule has 1 aromatic rings. The first-order valence-corrected chi connectivity index (χ1v) is 6.28. The van der Waals surface area contributed by atoms with Crippen LogP contribution < -0.4 is 5.73 Å². The Morgan fingerprint density at radius 2 is 2.11 bits per heavy atom. The van der Waals surface area contributed by atoms with Crippen LogP contribution in [-0.2, 0) is 22.6 Å². The fourth-order valence-electron chi connectivity index (χ4n) is 1.64. The van der Waals surface area contributed by atoms with E-state index in [2.05, 4.69) is 21.0 Å². The lowest BCUT2D eigenvalue weighted by Gasteiger charge is -2.21. The second-order valence-corrected chi connectivity index (χ2v) is 5.13. The number of carbonyl (C=O) groups is 2. The molecule has 1 heterocycles. The van der Waals surface area contributed by atoms with E-state index in [1.807, 2.05) is 13.8 Å². The molecule has 1 atom stereocenters. The van der Waals surface area contributed by atoms with Gasteiger partial charge in [-0.25, -0.2) is 0 Å². The number of aliphatic carboxylic acids is 1. The second kappa shape index (κ2) is 5.09. The number of amides is 1. The molecule has 3 N–H and O–H groups in total. The molecule has 100 valence electrons. The quantitative estimate of drug-likeness (QED) is 0.794. The molecule has 0 aromatic carbocycles. The van der Waals surface area contributed by atoms with E-state index in [0.717, 1.165) is 10.2 Å². The van der Waals surface area contributed by atoms with Gasteiger partial charge >= 0.3 is 5.97 Å². The van der Waals surface area contributed by atoms with E-state index in [1.165, 1.54) is 6.92 Å². The van der Waals surface area contributed by atoms with Crippen LogP contribution in [0.4, 0.5) is 0 Å². The normalized spacial score (nSPS) is 14.2. The molecule has 0 saturated carbocycles. The second-order valence-electron chi connectivity index (χ2n) is 4.34. The van der Waals surface area contributed by atoms with Crippen molar-refractivity contribution in [2.45, 2.75) is 33.7 Å². The number of carbonyl (C=O) groups excluding carboxylic acids is 1. The van der Waals surface area contributed by atoms with Crippen molar-refractivity contribution in [2.24, 2.45) is 11.1 Å². The highest BCUT2D eigenvalue weighted by Crippen LogP contribution is 2.29. The largest absolute Gasteiger partial charge is 0.480 e. The van der Waals surface area contributed by atoms with Crippen molar-refractivity contribution < 1.29 is 14.7 Å². The minimum atomic E-state index is -1.64. The zero-order chi connectivity index (χ0) is 14.1. The SMILES string of the molecule is CCn1nc(C)c(Br)c1CC(C)(C(N)=O)C(=O)O. The summed E-state index contributed by atoms with van der Waals surface area (Å²) in [4.78, 5) is 22.6. The molecular weight excluding hydrogens is 302 g/mol. The summed E-state index contributed by atoms with van der Waals surface area (Å²) in [6.07, 6.45) is 0.00687. The van der Waals surface area contributed by atoms with Crippen molar-refractivity contribution in [2.75, 3.05) is 0 Å². The predicted octanol–water partition coefficient (Wildman–Crippen LogP) is 1.09. The first-order valence-electron chi connectivity index (χ1n) is 5.49. The molecule has 0 aliphatic heterocycles. The van der Waals surface area contributed by atoms with Crippen LogP contribution in [0, 0.1) is 12.3 Å². The number of hydrogen-bond acceptors (Lipinski definition) is 3. The van der Waals surface area contributed by atoms with Crippen LogP contribution in [0.5, 0.6) is 0 Å². The lowest BCUT2D eigenvalue weighted by Crippen LogP contribution is -2.43. The van der Waals surface area contributed by atoms with E-state index in [0.29, 0.717) is 12.2 Å². The summed E-state index contributed by atoms with van der Waals surface area (Å²) in [6.45, 7) is 5.62. The minimum Gasteiger partial charge on any atom is -0.480 e. The van der Waals surface area contributed by atoms with E-state index in [1.54, 1.807) is 4.68 Å². The third-order valence-corrected chi connectivity index (χ3v) is 4.02. The Balaban J connectivity index is 3.24. The summed E-state index contributed by atoms with van der Waals surface area (Å²) in [7, 11) is 0. The zero-order valence-electron chi connectivity index (χ0n) is 10.5. The number of primary amides is 1. The van der Waals surface area contributed by atoms with Crippen LogP contribution in [0.1, 0.15) is 25.2 Å². The van der Waals surface area contributed by atoms with Crippen LogP contribution in [0.2, 0.25) is 0 Å². The van der Waals surface area contributed by atoms with Gasteiger partial charge in [0.25, 0.3) is 0 Å². The number of aromatic nitrogens is 2. The lowest BCUT2D eigenvalue weighted by atomic mass is 9.84. The highest BCUT2D eigenvalue weighted by Gasteiger charge is 2.41. The summed E-state index contributed by atoms with van der Waals surface area (Å²) in [5.41, 5.74) is 4.99. The van der Waals surface area contributed by atoms with Crippen LogP contribution in [0.15, 0.2) is 4.47 Å². The number of hydrogen-bond donors (Lipinski definition) is 2. The van der Waals surface area contributed by atoms with Crippen molar-refractivity contribution in [1.29, 1.82) is 0 Å². The standard InChI is InChI=1S/C11H16BrN3O3/c1-4-15-7(8(12)6(2)14-15)5-11(3,9(13)16)10(17)18/h4-5H2,1-3H3,(H2,13,16)(H,17,18). The Hall–Kier alpha value is -1.37. The van der Waals surface area contributed by atoms with Gasteiger partial charge in [-0.05, 0) is 36.7 Å². The number of carboxylic acid groups (broad SMARTS) is 1. The molecule has 7 heteroatoms. The van der Waals surface area contributed by atoms with Gasteiger partial charge in [0.05, 0.1) is 15.9 Å². The molecule has 0 bridgehead atoms. The molecule has 0 aliphatic carbocycles. The maximum atomic E-state index is 11.4. The van der Waals surface area contributed by atoms with Crippen molar-refractivity contribution in [3.63, 3.8) is 0 Å². The minimum absolute atomic E-state index is 0.00687. The van der Waals surface area contributed by atoms with E-state index in [-0.39, 0.29) is 6.42 Å². The molecule has 1 unspecified atom stereocenters. The monoisotopic (exact) mass is 317 g/mol. The summed E-state index contributed by atoms with van der Waals surface area (Å²) < 4.78 is 2.39. The van der Waals surface area contributed by atoms with Gasteiger partial charge in [0, 0.05) is 13.0 Å².